The maximum Gasteiger partial charge on any atom is 0.243 e. The molecular weight excluding hydrogens is 314 g/mol. The Balaban J connectivity index is 2.28. The van der Waals surface area contributed by atoms with E-state index in [9.17, 15) is 18.0 Å². The van der Waals surface area contributed by atoms with Gasteiger partial charge in [-0.1, -0.05) is 48.0 Å². The predicted octanol–water partition coefficient (Wildman–Crippen LogP) is 2.07. The molecule has 2 aromatic rings. The van der Waals surface area contributed by atoms with Crippen LogP contribution in [0.2, 0.25) is 0 Å². The van der Waals surface area contributed by atoms with Gasteiger partial charge < -0.3 is 4.79 Å². The van der Waals surface area contributed by atoms with E-state index < -0.39 is 10.0 Å². The normalized spacial score (nSPS) is 11.4. The summed E-state index contributed by atoms with van der Waals surface area (Å²) in [6.07, 6.45) is 0.476. The summed E-state index contributed by atoms with van der Waals surface area (Å²) in [5.74, 6) is -0.358. The van der Waals surface area contributed by atoms with Gasteiger partial charge in [-0.15, -0.1) is 0 Å². The van der Waals surface area contributed by atoms with E-state index in [1.54, 1.807) is 42.5 Å². The Morgan fingerprint density at radius 2 is 1.65 bits per heavy atom. The second kappa shape index (κ2) is 7.30. The van der Waals surface area contributed by atoms with Crippen molar-refractivity contribution in [2.45, 2.75) is 11.8 Å². The maximum absolute atomic E-state index is 12.6. The van der Waals surface area contributed by atoms with Crippen molar-refractivity contribution in [3.63, 3.8) is 0 Å². The van der Waals surface area contributed by atoms with Crippen LogP contribution in [0.15, 0.2) is 59.5 Å². The molecule has 0 aliphatic heterocycles. The van der Waals surface area contributed by atoms with Crippen molar-refractivity contribution in [1.82, 2.24) is 4.31 Å². The fourth-order valence-corrected chi connectivity index (χ4v) is 3.39. The van der Waals surface area contributed by atoms with E-state index in [4.69, 9.17) is 0 Å². The molecule has 0 bridgehead atoms. The summed E-state index contributed by atoms with van der Waals surface area (Å²) >= 11 is 0. The third-order valence-corrected chi connectivity index (χ3v) is 5.18. The van der Waals surface area contributed by atoms with E-state index >= 15 is 0 Å². The fourth-order valence-electron chi connectivity index (χ4n) is 2.07. The third-order valence-electron chi connectivity index (χ3n) is 3.35. The highest BCUT2D eigenvalue weighted by atomic mass is 32.2. The SMILES string of the molecule is Cc1ccc(S(=O)(=O)N(CC=O)CC(=O)c2ccccc2)cc1. The number of ketones is 1. The molecule has 0 heterocycles. The fraction of sp³-hybridized carbons (Fsp3) is 0.176. The van der Waals surface area contributed by atoms with Crippen LogP contribution in [0.5, 0.6) is 0 Å². The van der Waals surface area contributed by atoms with Crippen molar-refractivity contribution in [2.75, 3.05) is 13.1 Å². The lowest BCUT2D eigenvalue weighted by atomic mass is 10.1. The largest absolute Gasteiger partial charge is 0.302 e. The number of benzene rings is 2. The molecule has 2 aromatic carbocycles. The minimum absolute atomic E-state index is 0.0609. The second-order valence-electron chi connectivity index (χ2n) is 5.07. The van der Waals surface area contributed by atoms with Crippen molar-refractivity contribution >= 4 is 22.1 Å². The Labute approximate surface area is 135 Å². The number of carbonyl (C=O) groups is 2. The van der Waals surface area contributed by atoms with Crippen LogP contribution in [0, 0.1) is 6.92 Å². The van der Waals surface area contributed by atoms with Crippen LogP contribution < -0.4 is 0 Å². The van der Waals surface area contributed by atoms with E-state index in [2.05, 4.69) is 0 Å². The first-order valence-corrected chi connectivity index (χ1v) is 8.48. The molecule has 0 amide bonds. The lowest BCUT2D eigenvalue weighted by Gasteiger charge is -2.19. The zero-order valence-electron chi connectivity index (χ0n) is 12.7. The van der Waals surface area contributed by atoms with Gasteiger partial charge in [0.05, 0.1) is 18.0 Å². The topological polar surface area (TPSA) is 71.5 Å². The molecule has 6 heteroatoms. The van der Waals surface area contributed by atoms with Crippen molar-refractivity contribution in [1.29, 1.82) is 0 Å². The summed E-state index contributed by atoms with van der Waals surface area (Å²) in [4.78, 5) is 23.1. The number of nitrogens with zero attached hydrogens (tertiary/aromatic N) is 1. The monoisotopic (exact) mass is 331 g/mol. The predicted molar refractivity (Wildman–Crippen MR) is 86.8 cm³/mol. The molecule has 0 saturated carbocycles. The summed E-state index contributed by atoms with van der Waals surface area (Å²) in [5, 5.41) is 0. The Morgan fingerprint density at radius 1 is 1.04 bits per heavy atom. The van der Waals surface area contributed by atoms with Crippen molar-refractivity contribution in [3.8, 4) is 0 Å². The van der Waals surface area contributed by atoms with Crippen molar-refractivity contribution in [3.05, 3.63) is 65.7 Å². The van der Waals surface area contributed by atoms with Gasteiger partial charge in [0.25, 0.3) is 0 Å². The van der Waals surface area contributed by atoms with Gasteiger partial charge in [0, 0.05) is 5.56 Å². The number of hydrogen-bond donors (Lipinski definition) is 0. The summed E-state index contributed by atoms with van der Waals surface area (Å²) in [5.41, 5.74) is 1.33. The Kier molecular flexibility index (Phi) is 5.41. The van der Waals surface area contributed by atoms with E-state index in [1.807, 2.05) is 6.92 Å². The summed E-state index contributed by atoms with van der Waals surface area (Å²) in [6, 6.07) is 14.7. The van der Waals surface area contributed by atoms with Gasteiger partial charge in [-0.05, 0) is 19.1 Å². The quantitative estimate of drug-likeness (QED) is 0.575. The number of aldehydes is 1. The minimum atomic E-state index is -3.90. The van der Waals surface area contributed by atoms with Gasteiger partial charge in [0.2, 0.25) is 10.0 Å². The zero-order valence-corrected chi connectivity index (χ0v) is 13.5. The summed E-state index contributed by atoms with van der Waals surface area (Å²) < 4.78 is 26.1. The van der Waals surface area contributed by atoms with Crippen LogP contribution in [0.3, 0.4) is 0 Å². The average molecular weight is 331 g/mol. The van der Waals surface area contributed by atoms with Crippen LogP contribution in [0.1, 0.15) is 15.9 Å². The van der Waals surface area contributed by atoms with Gasteiger partial charge in [0.15, 0.2) is 5.78 Å². The van der Waals surface area contributed by atoms with Crippen LogP contribution in [-0.2, 0) is 14.8 Å². The zero-order chi connectivity index (χ0) is 16.9. The Bertz CT molecular complexity index is 783. The van der Waals surface area contributed by atoms with E-state index in [1.165, 1.54) is 12.1 Å². The Hall–Kier alpha value is -2.31. The molecule has 5 nitrogen and oxygen atoms in total. The summed E-state index contributed by atoms with van der Waals surface area (Å²) in [7, 11) is -3.90. The number of hydrogen-bond acceptors (Lipinski definition) is 4. The van der Waals surface area contributed by atoms with Gasteiger partial charge >= 0.3 is 0 Å². The van der Waals surface area contributed by atoms with Gasteiger partial charge in [0.1, 0.15) is 6.29 Å². The maximum atomic E-state index is 12.6. The molecule has 0 atom stereocenters. The van der Waals surface area contributed by atoms with Crippen LogP contribution in [0.4, 0.5) is 0 Å². The molecular formula is C17H17NO4S. The minimum Gasteiger partial charge on any atom is -0.302 e. The standard InChI is InChI=1S/C17H17NO4S/c1-14-7-9-16(10-8-14)23(21,22)18(11-12-19)13-17(20)15-5-3-2-4-6-15/h2-10,12H,11,13H2,1H3. The third kappa shape index (κ3) is 4.12. The summed E-state index contributed by atoms with van der Waals surface area (Å²) in [6.45, 7) is 1.10. The van der Waals surface area contributed by atoms with Crippen LogP contribution in [0.25, 0.3) is 0 Å². The molecule has 0 aliphatic carbocycles. The lowest BCUT2D eigenvalue weighted by Crippen LogP contribution is -2.37. The van der Waals surface area contributed by atoms with E-state index in [0.29, 0.717) is 11.8 Å². The van der Waals surface area contributed by atoms with Gasteiger partial charge in [-0.2, -0.15) is 4.31 Å². The number of aryl methyl sites for hydroxylation is 1. The molecule has 120 valence electrons. The molecule has 0 spiro atoms. The van der Waals surface area contributed by atoms with Gasteiger partial charge in [-0.25, -0.2) is 8.42 Å². The molecule has 23 heavy (non-hydrogen) atoms. The lowest BCUT2D eigenvalue weighted by molar-refractivity contribution is -0.108. The Morgan fingerprint density at radius 3 is 2.22 bits per heavy atom. The average Bonchev–Trinajstić information content (AvgIpc) is 2.55. The molecule has 0 saturated heterocycles. The number of sulfonamides is 1. The molecule has 2 rings (SSSR count). The highest BCUT2D eigenvalue weighted by molar-refractivity contribution is 7.89. The number of rotatable bonds is 7. The molecule has 0 aromatic heterocycles. The van der Waals surface area contributed by atoms with Crippen molar-refractivity contribution < 1.29 is 18.0 Å². The second-order valence-corrected chi connectivity index (χ2v) is 7.00. The first-order chi connectivity index (χ1) is 10.9. The van der Waals surface area contributed by atoms with Crippen molar-refractivity contribution in [2.24, 2.45) is 0 Å². The van der Waals surface area contributed by atoms with E-state index in [0.717, 1.165) is 9.87 Å². The van der Waals surface area contributed by atoms with E-state index in [-0.39, 0.29) is 23.8 Å². The highest BCUT2D eigenvalue weighted by Crippen LogP contribution is 2.16. The number of carbonyl (C=O) groups excluding carboxylic acids is 2. The molecule has 0 aliphatic rings. The molecule has 0 fully saturated rings. The highest BCUT2D eigenvalue weighted by Gasteiger charge is 2.26. The first kappa shape index (κ1) is 17.1. The smallest absolute Gasteiger partial charge is 0.243 e. The molecule has 0 radical (unpaired) electrons. The first-order valence-electron chi connectivity index (χ1n) is 7.04. The molecule has 0 unspecified atom stereocenters. The van der Waals surface area contributed by atoms with Gasteiger partial charge in [-0.3, -0.25) is 4.79 Å². The number of Topliss-reactive ketones (excluding diaryl/α,β-unsaturated/α-hetero) is 1. The van der Waals surface area contributed by atoms with Crippen LogP contribution in [-0.4, -0.2) is 37.9 Å². The molecule has 0 N–H and O–H groups in total. The van der Waals surface area contributed by atoms with Crippen LogP contribution >= 0.6 is 0 Å².